The quantitative estimate of drug-likeness (QED) is 0.740. The molecule has 2 atom stereocenters. The lowest BCUT2D eigenvalue weighted by molar-refractivity contribution is 0.0600. The second-order valence-electron chi connectivity index (χ2n) is 5.97. The topological polar surface area (TPSA) is 75.7 Å². The molecule has 2 aromatic rings. The third-order valence-corrected chi connectivity index (χ3v) is 5.48. The Morgan fingerprint density at radius 3 is 2.37 bits per heavy atom. The van der Waals surface area contributed by atoms with Crippen LogP contribution in [0.25, 0.3) is 0 Å². The van der Waals surface area contributed by atoms with Gasteiger partial charge in [-0.2, -0.15) is 0 Å². The van der Waals surface area contributed by atoms with Gasteiger partial charge < -0.3 is 10.1 Å². The standard InChI is InChI=1S/C20H24N2O4S/c1-5-27(25)22(3)18-12-16(11-17(13-18)20(24)26-4)19(23)21-14(2)15-9-7-6-8-10-15/h6-14H,5H2,1-4H3,(H,21,23)/t14-,27?/m1/s1. The Bertz CT molecular complexity index is 839. The SMILES string of the molecule is CCS(=O)N(C)c1cc(C(=O)N[C@H](C)c2ccccc2)cc(C(=O)OC)c1. The van der Waals surface area contributed by atoms with Crippen molar-refractivity contribution in [3.05, 3.63) is 65.2 Å². The van der Waals surface area contributed by atoms with E-state index in [0.29, 0.717) is 17.0 Å². The zero-order chi connectivity index (χ0) is 20.0. The largest absolute Gasteiger partial charge is 0.465 e. The Morgan fingerprint density at radius 1 is 1.15 bits per heavy atom. The van der Waals surface area contributed by atoms with E-state index in [-0.39, 0.29) is 17.5 Å². The van der Waals surface area contributed by atoms with Crippen LogP contribution in [0.4, 0.5) is 5.69 Å². The van der Waals surface area contributed by atoms with E-state index < -0.39 is 17.0 Å². The van der Waals surface area contributed by atoms with Gasteiger partial charge in [0.15, 0.2) is 0 Å². The average Bonchev–Trinajstić information content (AvgIpc) is 2.72. The van der Waals surface area contributed by atoms with Gasteiger partial charge in [0.1, 0.15) is 11.0 Å². The first kappa shape index (κ1) is 20.6. The minimum Gasteiger partial charge on any atom is -0.465 e. The number of rotatable bonds is 7. The van der Waals surface area contributed by atoms with Crippen LogP contribution in [0.5, 0.6) is 0 Å². The number of carbonyl (C=O) groups excluding carboxylic acids is 2. The minimum absolute atomic E-state index is 0.202. The number of nitrogens with one attached hydrogen (secondary N) is 1. The fraction of sp³-hybridized carbons (Fsp3) is 0.300. The highest BCUT2D eigenvalue weighted by Crippen LogP contribution is 2.21. The van der Waals surface area contributed by atoms with Crippen molar-refractivity contribution in [1.29, 1.82) is 0 Å². The summed E-state index contributed by atoms with van der Waals surface area (Å²) in [5, 5.41) is 2.92. The van der Waals surface area contributed by atoms with Crippen LogP contribution in [-0.4, -0.2) is 36.0 Å². The smallest absolute Gasteiger partial charge is 0.337 e. The Balaban J connectivity index is 2.34. The van der Waals surface area contributed by atoms with Gasteiger partial charge in [0.2, 0.25) is 0 Å². The van der Waals surface area contributed by atoms with Crippen LogP contribution < -0.4 is 9.62 Å². The summed E-state index contributed by atoms with van der Waals surface area (Å²) in [5.41, 5.74) is 2.01. The monoisotopic (exact) mass is 388 g/mol. The fourth-order valence-electron chi connectivity index (χ4n) is 2.58. The summed E-state index contributed by atoms with van der Waals surface area (Å²) in [6, 6.07) is 14.0. The predicted molar refractivity (Wildman–Crippen MR) is 107 cm³/mol. The number of hydrogen-bond donors (Lipinski definition) is 1. The number of esters is 1. The number of methoxy groups -OCH3 is 1. The molecule has 27 heavy (non-hydrogen) atoms. The normalized spacial score (nSPS) is 12.7. The van der Waals surface area contributed by atoms with E-state index in [1.54, 1.807) is 26.1 Å². The first-order valence-electron chi connectivity index (χ1n) is 8.58. The minimum atomic E-state index is -1.26. The Labute approximate surface area is 162 Å². The second kappa shape index (κ2) is 9.32. The van der Waals surface area contributed by atoms with E-state index in [4.69, 9.17) is 4.74 Å². The number of hydrogen-bond acceptors (Lipinski definition) is 4. The maximum atomic E-state index is 12.7. The summed E-state index contributed by atoms with van der Waals surface area (Å²) in [5.74, 6) is -0.461. The third kappa shape index (κ3) is 5.17. The maximum Gasteiger partial charge on any atom is 0.337 e. The molecule has 0 aliphatic rings. The lowest BCUT2D eigenvalue weighted by Gasteiger charge is -2.20. The number of carbonyl (C=O) groups is 2. The Morgan fingerprint density at radius 2 is 1.78 bits per heavy atom. The van der Waals surface area contributed by atoms with Gasteiger partial charge in [0, 0.05) is 18.4 Å². The van der Waals surface area contributed by atoms with E-state index in [1.807, 2.05) is 37.3 Å². The summed E-state index contributed by atoms with van der Waals surface area (Å²) in [4.78, 5) is 24.7. The van der Waals surface area contributed by atoms with E-state index in [1.165, 1.54) is 17.5 Å². The van der Waals surface area contributed by atoms with Crippen LogP contribution in [0.2, 0.25) is 0 Å². The molecular formula is C20H24N2O4S. The highest BCUT2D eigenvalue weighted by molar-refractivity contribution is 7.86. The number of ether oxygens (including phenoxy) is 1. The van der Waals surface area contributed by atoms with Crippen molar-refractivity contribution >= 4 is 28.5 Å². The van der Waals surface area contributed by atoms with Crippen LogP contribution >= 0.6 is 0 Å². The van der Waals surface area contributed by atoms with Gasteiger partial charge in [-0.3, -0.25) is 9.10 Å². The van der Waals surface area contributed by atoms with Crippen molar-refractivity contribution in [3.8, 4) is 0 Å². The van der Waals surface area contributed by atoms with Crippen LogP contribution in [0.15, 0.2) is 48.5 Å². The van der Waals surface area contributed by atoms with Crippen molar-refractivity contribution in [2.75, 3.05) is 24.2 Å². The molecule has 1 N–H and O–H groups in total. The molecule has 0 saturated carbocycles. The van der Waals surface area contributed by atoms with Gasteiger partial charge in [0.05, 0.1) is 24.4 Å². The third-order valence-electron chi connectivity index (χ3n) is 4.16. The van der Waals surface area contributed by atoms with Crippen molar-refractivity contribution in [2.24, 2.45) is 0 Å². The molecule has 2 rings (SSSR count). The maximum absolute atomic E-state index is 12.7. The molecule has 1 amide bonds. The lowest BCUT2D eigenvalue weighted by Crippen LogP contribution is -2.28. The molecule has 0 saturated heterocycles. The van der Waals surface area contributed by atoms with Gasteiger partial charge in [-0.05, 0) is 30.7 Å². The molecule has 0 fully saturated rings. The van der Waals surface area contributed by atoms with Crippen LogP contribution in [0.1, 0.15) is 46.2 Å². The number of nitrogens with zero attached hydrogens (tertiary/aromatic N) is 1. The first-order valence-corrected chi connectivity index (χ1v) is 9.86. The molecule has 144 valence electrons. The molecular weight excluding hydrogens is 364 g/mol. The zero-order valence-electron chi connectivity index (χ0n) is 15.9. The molecule has 0 bridgehead atoms. The van der Waals surface area contributed by atoms with E-state index in [9.17, 15) is 13.8 Å². The fourth-order valence-corrected chi connectivity index (χ4v) is 3.30. The molecule has 1 unspecified atom stereocenters. The van der Waals surface area contributed by atoms with Crippen LogP contribution in [0.3, 0.4) is 0 Å². The second-order valence-corrected chi connectivity index (χ2v) is 7.74. The zero-order valence-corrected chi connectivity index (χ0v) is 16.7. The summed E-state index contributed by atoms with van der Waals surface area (Å²) in [6.45, 7) is 3.68. The Kier molecular flexibility index (Phi) is 7.12. The van der Waals surface area contributed by atoms with Gasteiger partial charge in [0.25, 0.3) is 5.91 Å². The van der Waals surface area contributed by atoms with Crippen molar-refractivity contribution < 1.29 is 18.5 Å². The van der Waals surface area contributed by atoms with Crippen molar-refractivity contribution in [2.45, 2.75) is 19.9 Å². The van der Waals surface area contributed by atoms with Gasteiger partial charge in [-0.15, -0.1) is 0 Å². The van der Waals surface area contributed by atoms with Gasteiger partial charge in [-0.1, -0.05) is 37.3 Å². The number of anilines is 1. The van der Waals surface area contributed by atoms with E-state index >= 15 is 0 Å². The molecule has 0 aromatic heterocycles. The van der Waals surface area contributed by atoms with Crippen LogP contribution in [0, 0.1) is 0 Å². The molecule has 2 aromatic carbocycles. The first-order chi connectivity index (χ1) is 12.9. The van der Waals surface area contributed by atoms with Crippen molar-refractivity contribution in [1.82, 2.24) is 5.32 Å². The van der Waals surface area contributed by atoms with Gasteiger partial charge >= 0.3 is 5.97 Å². The van der Waals surface area contributed by atoms with Crippen LogP contribution in [-0.2, 0) is 15.7 Å². The summed E-state index contributed by atoms with van der Waals surface area (Å²) >= 11 is 0. The molecule has 0 radical (unpaired) electrons. The molecule has 6 nitrogen and oxygen atoms in total. The molecule has 0 heterocycles. The van der Waals surface area contributed by atoms with Crippen molar-refractivity contribution in [3.63, 3.8) is 0 Å². The predicted octanol–water partition coefficient (Wildman–Crippen LogP) is 3.08. The van der Waals surface area contributed by atoms with E-state index in [2.05, 4.69) is 5.32 Å². The lowest BCUT2D eigenvalue weighted by atomic mass is 10.1. The highest BCUT2D eigenvalue weighted by Gasteiger charge is 2.18. The summed E-state index contributed by atoms with van der Waals surface area (Å²) < 4.78 is 18.4. The summed E-state index contributed by atoms with van der Waals surface area (Å²) in [6.07, 6.45) is 0. The highest BCUT2D eigenvalue weighted by atomic mass is 32.2. The van der Waals surface area contributed by atoms with E-state index in [0.717, 1.165) is 5.56 Å². The Hall–Kier alpha value is -2.67. The van der Waals surface area contributed by atoms with Gasteiger partial charge in [-0.25, -0.2) is 9.00 Å². The molecule has 7 heteroatoms. The number of benzene rings is 2. The molecule has 0 spiro atoms. The molecule has 0 aliphatic carbocycles. The average molecular weight is 388 g/mol. The number of amides is 1. The summed E-state index contributed by atoms with van der Waals surface area (Å²) in [7, 11) is 1.68. The molecule has 0 aliphatic heterocycles.